The molecule has 6 nitrogen and oxygen atoms in total. The Morgan fingerprint density at radius 1 is 1.00 bits per heavy atom. The van der Waals surface area contributed by atoms with Crippen LogP contribution in [-0.2, 0) is 13.0 Å². The van der Waals surface area contributed by atoms with Crippen LogP contribution in [0.1, 0.15) is 24.0 Å². The summed E-state index contributed by atoms with van der Waals surface area (Å²) in [6, 6.07) is 21.2. The van der Waals surface area contributed by atoms with E-state index in [0.29, 0.717) is 18.3 Å². The number of nitrogens with zero attached hydrogens (tertiary/aromatic N) is 3. The molecular weight excluding hydrogens is 441 g/mol. The third-order valence-corrected chi connectivity index (χ3v) is 6.82. The van der Waals surface area contributed by atoms with E-state index < -0.39 is 0 Å². The molecule has 0 atom stereocenters. The number of hydrogen-bond donors (Lipinski definition) is 2. The number of hydrogen-bond acceptors (Lipinski definition) is 5. The van der Waals surface area contributed by atoms with E-state index in [4.69, 9.17) is 15.5 Å². The molecule has 1 fully saturated rings. The monoisotopic (exact) mass is 473 g/mol. The zero-order valence-electron chi connectivity index (χ0n) is 20.1. The van der Waals surface area contributed by atoms with Crippen molar-refractivity contribution in [2.45, 2.75) is 31.8 Å². The second-order valence-corrected chi connectivity index (χ2v) is 9.25. The van der Waals surface area contributed by atoms with Gasteiger partial charge in [0.25, 0.3) is 0 Å². The molecule has 3 N–H and O–H groups in total. The fourth-order valence-electron chi connectivity index (χ4n) is 4.75. The largest absolute Gasteiger partial charge is 0.497 e. The zero-order chi connectivity index (χ0) is 24.2. The molecule has 1 saturated heterocycles. The number of ether oxygens (including phenoxy) is 1. The lowest BCUT2D eigenvalue weighted by Crippen LogP contribution is -2.40. The number of benzene rings is 3. The molecule has 5 rings (SSSR count). The first kappa shape index (κ1) is 23.2. The Kier molecular flexibility index (Phi) is 6.86. The minimum atomic E-state index is -0.228. The maximum Gasteiger partial charge on any atom is 0.204 e. The summed E-state index contributed by atoms with van der Waals surface area (Å²) in [6.07, 6.45) is 3.16. The standard InChI is InChI=1S/C28H32FN5O/c1-35-25-9-4-20(5-10-25)12-15-33-16-13-24(14-17-33)31-28-32-26-18-23(30)8-11-27(26)34(28)19-21-2-6-22(29)7-3-21/h2-11,18,24H,12-17,19,30H2,1H3,(H,31,32). The summed E-state index contributed by atoms with van der Waals surface area (Å²) in [7, 11) is 1.69. The van der Waals surface area contributed by atoms with Gasteiger partial charge in [0.2, 0.25) is 5.95 Å². The Hall–Kier alpha value is -3.58. The maximum atomic E-state index is 13.4. The third kappa shape index (κ3) is 5.57. The fourth-order valence-corrected chi connectivity index (χ4v) is 4.75. The summed E-state index contributed by atoms with van der Waals surface area (Å²) < 4.78 is 20.8. The van der Waals surface area contributed by atoms with Crippen molar-refractivity contribution in [3.05, 3.63) is 83.7 Å². The number of methoxy groups -OCH3 is 1. The van der Waals surface area contributed by atoms with Gasteiger partial charge < -0.3 is 25.3 Å². The van der Waals surface area contributed by atoms with E-state index in [0.717, 1.165) is 67.2 Å². The lowest BCUT2D eigenvalue weighted by Gasteiger charge is -2.32. The molecule has 1 aliphatic heterocycles. The highest BCUT2D eigenvalue weighted by molar-refractivity contribution is 5.82. The molecule has 0 spiro atoms. The van der Waals surface area contributed by atoms with E-state index in [-0.39, 0.29) is 5.82 Å². The van der Waals surface area contributed by atoms with Crippen molar-refractivity contribution in [3.8, 4) is 5.75 Å². The Morgan fingerprint density at radius 3 is 2.43 bits per heavy atom. The summed E-state index contributed by atoms with van der Waals surface area (Å²) in [5, 5.41) is 3.69. The molecule has 35 heavy (non-hydrogen) atoms. The SMILES string of the molecule is COc1ccc(CCN2CCC(Nc3nc4cc(N)ccc4n3Cc3ccc(F)cc3)CC2)cc1. The van der Waals surface area contributed by atoms with E-state index in [1.165, 1.54) is 17.7 Å². The number of likely N-dealkylation sites (tertiary alicyclic amines) is 1. The van der Waals surface area contributed by atoms with Crippen molar-refractivity contribution in [1.82, 2.24) is 14.5 Å². The van der Waals surface area contributed by atoms with Crippen molar-refractivity contribution < 1.29 is 9.13 Å². The van der Waals surface area contributed by atoms with Gasteiger partial charge >= 0.3 is 0 Å². The van der Waals surface area contributed by atoms with Gasteiger partial charge in [0, 0.05) is 31.4 Å². The van der Waals surface area contributed by atoms with Crippen molar-refractivity contribution in [2.24, 2.45) is 0 Å². The predicted molar refractivity (Wildman–Crippen MR) is 139 cm³/mol. The van der Waals surface area contributed by atoms with Gasteiger partial charge in [-0.2, -0.15) is 0 Å². The van der Waals surface area contributed by atoms with Crippen molar-refractivity contribution in [1.29, 1.82) is 0 Å². The van der Waals surface area contributed by atoms with E-state index in [1.54, 1.807) is 7.11 Å². The molecule has 0 amide bonds. The normalized spacial score (nSPS) is 14.9. The molecule has 3 aromatic carbocycles. The van der Waals surface area contributed by atoms with Crippen LogP contribution in [0.3, 0.4) is 0 Å². The van der Waals surface area contributed by atoms with Crippen LogP contribution in [-0.4, -0.2) is 47.2 Å². The number of rotatable bonds is 8. The van der Waals surface area contributed by atoms with Gasteiger partial charge in [0.1, 0.15) is 11.6 Å². The van der Waals surface area contributed by atoms with Crippen LogP contribution in [0.2, 0.25) is 0 Å². The quantitative estimate of drug-likeness (QED) is 0.355. The lowest BCUT2D eigenvalue weighted by molar-refractivity contribution is 0.221. The van der Waals surface area contributed by atoms with Crippen LogP contribution in [0.5, 0.6) is 5.75 Å². The first-order chi connectivity index (χ1) is 17.1. The van der Waals surface area contributed by atoms with Gasteiger partial charge in [-0.3, -0.25) is 0 Å². The van der Waals surface area contributed by atoms with Crippen LogP contribution in [0, 0.1) is 5.82 Å². The average molecular weight is 474 g/mol. The summed E-state index contributed by atoms with van der Waals surface area (Å²) in [4.78, 5) is 7.40. The predicted octanol–water partition coefficient (Wildman–Crippen LogP) is 4.93. The van der Waals surface area contributed by atoms with Gasteiger partial charge in [-0.1, -0.05) is 24.3 Å². The van der Waals surface area contributed by atoms with E-state index in [1.807, 2.05) is 42.5 Å². The topological polar surface area (TPSA) is 68.3 Å². The van der Waals surface area contributed by atoms with Crippen LogP contribution in [0.25, 0.3) is 11.0 Å². The highest BCUT2D eigenvalue weighted by Crippen LogP contribution is 2.25. The van der Waals surface area contributed by atoms with E-state index >= 15 is 0 Å². The molecule has 2 heterocycles. The molecule has 4 aromatic rings. The van der Waals surface area contributed by atoms with Gasteiger partial charge in [-0.05, 0) is 72.9 Å². The minimum Gasteiger partial charge on any atom is -0.497 e. The van der Waals surface area contributed by atoms with Gasteiger partial charge in [-0.15, -0.1) is 0 Å². The number of aromatic nitrogens is 2. The second-order valence-electron chi connectivity index (χ2n) is 9.25. The highest BCUT2D eigenvalue weighted by atomic mass is 19.1. The van der Waals surface area contributed by atoms with Gasteiger partial charge in [0.15, 0.2) is 0 Å². The number of halogens is 1. The molecule has 1 aliphatic rings. The summed E-state index contributed by atoms with van der Waals surface area (Å²) >= 11 is 0. The van der Waals surface area contributed by atoms with Crippen molar-refractivity contribution in [2.75, 3.05) is 37.8 Å². The van der Waals surface area contributed by atoms with Crippen molar-refractivity contribution in [3.63, 3.8) is 0 Å². The Morgan fingerprint density at radius 2 is 1.71 bits per heavy atom. The number of anilines is 2. The molecule has 0 aliphatic carbocycles. The number of fused-ring (bicyclic) bond motifs is 1. The van der Waals surface area contributed by atoms with Gasteiger partial charge in [-0.25, -0.2) is 9.37 Å². The third-order valence-electron chi connectivity index (χ3n) is 6.82. The summed E-state index contributed by atoms with van der Waals surface area (Å²) in [5.41, 5.74) is 11.0. The number of nitrogen functional groups attached to an aromatic ring is 1. The second kappa shape index (κ2) is 10.4. The van der Waals surface area contributed by atoms with Crippen LogP contribution in [0.4, 0.5) is 16.0 Å². The number of piperidine rings is 1. The molecule has 7 heteroatoms. The summed E-state index contributed by atoms with van der Waals surface area (Å²) in [5.74, 6) is 1.51. The Labute approximate surface area is 205 Å². The molecule has 0 radical (unpaired) electrons. The van der Waals surface area contributed by atoms with E-state index in [9.17, 15) is 4.39 Å². The summed E-state index contributed by atoms with van der Waals surface area (Å²) in [6.45, 7) is 3.78. The van der Waals surface area contributed by atoms with Crippen molar-refractivity contribution >= 4 is 22.7 Å². The van der Waals surface area contributed by atoms with Crippen LogP contribution in [0.15, 0.2) is 66.7 Å². The molecule has 0 saturated carbocycles. The number of imidazole rings is 1. The van der Waals surface area contributed by atoms with Gasteiger partial charge in [0.05, 0.1) is 24.7 Å². The molecule has 1 aromatic heterocycles. The molecule has 0 unspecified atom stereocenters. The van der Waals surface area contributed by atoms with E-state index in [2.05, 4.69) is 26.9 Å². The minimum absolute atomic E-state index is 0.228. The zero-order valence-corrected chi connectivity index (χ0v) is 20.1. The number of nitrogens with two attached hydrogens (primary N) is 1. The highest BCUT2D eigenvalue weighted by Gasteiger charge is 2.21. The maximum absolute atomic E-state index is 13.4. The van der Waals surface area contributed by atoms with Crippen LogP contribution < -0.4 is 15.8 Å². The number of nitrogens with one attached hydrogen (secondary N) is 1. The Balaban J connectivity index is 1.23. The fraction of sp³-hybridized carbons (Fsp3) is 0.321. The first-order valence-electron chi connectivity index (χ1n) is 12.2. The smallest absolute Gasteiger partial charge is 0.204 e. The molecular formula is C28H32FN5O. The first-order valence-corrected chi connectivity index (χ1v) is 12.2. The Bertz CT molecular complexity index is 1260. The van der Waals surface area contributed by atoms with Crippen LogP contribution >= 0.6 is 0 Å². The molecule has 182 valence electrons. The average Bonchev–Trinajstić information content (AvgIpc) is 3.20. The lowest BCUT2D eigenvalue weighted by atomic mass is 10.0. The molecule has 0 bridgehead atoms.